The van der Waals surface area contributed by atoms with Gasteiger partial charge < -0.3 is 19.3 Å². The van der Waals surface area contributed by atoms with Crippen molar-refractivity contribution < 1.29 is 13.8 Å². The van der Waals surface area contributed by atoms with Crippen molar-refractivity contribution in [3.05, 3.63) is 63.3 Å². The minimum Gasteiger partial charge on any atom is -0.361 e. The molecule has 8 heteroatoms. The molecule has 152 valence electrons. The maximum absolute atomic E-state index is 13.0. The van der Waals surface area contributed by atoms with E-state index >= 15 is 0 Å². The topological polar surface area (TPSA) is 84.4 Å². The van der Waals surface area contributed by atoms with Gasteiger partial charge in [-0.05, 0) is 51.3 Å². The van der Waals surface area contributed by atoms with Crippen molar-refractivity contribution in [2.24, 2.45) is 0 Å². The Morgan fingerprint density at radius 1 is 1.17 bits per heavy atom. The van der Waals surface area contributed by atoms with E-state index in [2.05, 4.69) is 15.6 Å². The highest BCUT2D eigenvalue weighted by atomic mass is 35.5. The van der Waals surface area contributed by atoms with Gasteiger partial charge in [0.05, 0.1) is 6.04 Å². The van der Waals surface area contributed by atoms with Crippen LogP contribution in [0.1, 0.15) is 52.9 Å². The van der Waals surface area contributed by atoms with Gasteiger partial charge in [-0.15, -0.1) is 0 Å². The van der Waals surface area contributed by atoms with Crippen LogP contribution in [0.2, 0.25) is 5.02 Å². The summed E-state index contributed by atoms with van der Waals surface area (Å²) < 4.78 is 10.7. The molecule has 2 aromatic heterocycles. The number of nitrogens with one attached hydrogen (secondary N) is 1. The van der Waals surface area contributed by atoms with E-state index in [-0.39, 0.29) is 12.1 Å². The van der Waals surface area contributed by atoms with E-state index in [4.69, 9.17) is 20.6 Å². The van der Waals surface area contributed by atoms with Gasteiger partial charge in [0.2, 0.25) is 0 Å². The van der Waals surface area contributed by atoms with Gasteiger partial charge in [-0.25, -0.2) is 4.79 Å². The van der Waals surface area contributed by atoms with Crippen LogP contribution in [0.3, 0.4) is 0 Å². The smallest absolute Gasteiger partial charge is 0.322 e. The Kier molecular flexibility index (Phi) is 5.32. The molecule has 1 saturated heterocycles. The first kappa shape index (κ1) is 19.5. The van der Waals surface area contributed by atoms with Gasteiger partial charge in [0, 0.05) is 23.6 Å². The highest BCUT2D eigenvalue weighted by Gasteiger charge is 2.35. The number of amides is 2. The van der Waals surface area contributed by atoms with Crippen LogP contribution in [0.4, 0.5) is 10.5 Å². The summed E-state index contributed by atoms with van der Waals surface area (Å²) in [6.07, 6.45) is 2.43. The number of urea groups is 1. The number of benzene rings is 1. The fourth-order valence-electron chi connectivity index (χ4n) is 3.83. The van der Waals surface area contributed by atoms with Gasteiger partial charge in [0.15, 0.2) is 5.76 Å². The molecule has 0 bridgehead atoms. The molecule has 1 aliphatic rings. The van der Waals surface area contributed by atoms with Crippen LogP contribution in [0.5, 0.6) is 0 Å². The average molecular weight is 415 g/mol. The zero-order valence-corrected chi connectivity index (χ0v) is 17.4. The number of carbonyl (C=O) groups excluding carboxylic acids is 1. The molecule has 0 aliphatic carbocycles. The Morgan fingerprint density at radius 3 is 2.59 bits per heavy atom. The Morgan fingerprint density at radius 2 is 1.90 bits per heavy atom. The standard InChI is InChI=1S/C21H23ClN4O3/c1-12-19(14(3)29-24-12)23-21(27)26-10-4-5-18(26)20-17(13(2)28-25-20)11-15-6-8-16(22)9-7-15/h6-9,18H,4-5,10-11H2,1-3H3,(H,23,27)/t18-/m1/s1. The first-order chi connectivity index (χ1) is 13.9. The van der Waals surface area contributed by atoms with Gasteiger partial charge in [-0.1, -0.05) is 34.0 Å². The summed E-state index contributed by atoms with van der Waals surface area (Å²) in [4.78, 5) is 14.8. The quantitative estimate of drug-likeness (QED) is 0.634. The SMILES string of the molecule is Cc1noc(C)c1NC(=O)N1CCC[C@@H]1c1noc(C)c1Cc1ccc(Cl)cc1. The molecule has 0 saturated carbocycles. The molecule has 7 nitrogen and oxygen atoms in total. The molecule has 1 aliphatic heterocycles. The largest absolute Gasteiger partial charge is 0.361 e. The monoisotopic (exact) mass is 414 g/mol. The van der Waals surface area contributed by atoms with E-state index in [1.54, 1.807) is 13.8 Å². The van der Waals surface area contributed by atoms with Crippen molar-refractivity contribution in [1.82, 2.24) is 15.2 Å². The number of rotatable bonds is 4. The van der Waals surface area contributed by atoms with Crippen LogP contribution in [-0.2, 0) is 6.42 Å². The molecule has 1 atom stereocenters. The fraction of sp³-hybridized carbons (Fsp3) is 0.381. The highest BCUT2D eigenvalue weighted by molar-refractivity contribution is 6.30. The number of halogens is 1. The lowest BCUT2D eigenvalue weighted by molar-refractivity contribution is 0.204. The van der Waals surface area contributed by atoms with Crippen LogP contribution in [0.15, 0.2) is 33.3 Å². The van der Waals surface area contributed by atoms with E-state index < -0.39 is 0 Å². The number of likely N-dealkylation sites (tertiary alicyclic amines) is 1. The third-order valence-corrected chi connectivity index (χ3v) is 5.66. The molecule has 4 rings (SSSR count). The van der Waals surface area contributed by atoms with E-state index in [0.29, 0.717) is 35.1 Å². The maximum atomic E-state index is 13.0. The molecule has 0 unspecified atom stereocenters. The summed E-state index contributed by atoms with van der Waals surface area (Å²) in [5.41, 5.74) is 4.25. The summed E-state index contributed by atoms with van der Waals surface area (Å²) in [5, 5.41) is 11.9. The number of carbonyl (C=O) groups is 1. The third kappa shape index (κ3) is 3.87. The third-order valence-electron chi connectivity index (χ3n) is 5.40. The van der Waals surface area contributed by atoms with Gasteiger partial charge in [0.1, 0.15) is 22.8 Å². The van der Waals surface area contributed by atoms with Crippen molar-refractivity contribution in [3.8, 4) is 0 Å². The predicted octanol–water partition coefficient (Wildman–Crippen LogP) is 5.20. The minimum atomic E-state index is -0.181. The first-order valence-corrected chi connectivity index (χ1v) is 10.0. The van der Waals surface area contributed by atoms with E-state index in [9.17, 15) is 4.79 Å². The van der Waals surface area contributed by atoms with Crippen LogP contribution in [0, 0.1) is 20.8 Å². The molecular formula is C21H23ClN4O3. The van der Waals surface area contributed by atoms with Gasteiger partial charge >= 0.3 is 6.03 Å². The summed E-state index contributed by atoms with van der Waals surface area (Å²) in [5.74, 6) is 1.36. The molecule has 3 aromatic rings. The first-order valence-electron chi connectivity index (χ1n) is 9.64. The van der Waals surface area contributed by atoms with Crippen molar-refractivity contribution in [3.63, 3.8) is 0 Å². The zero-order valence-electron chi connectivity index (χ0n) is 16.7. The summed E-state index contributed by atoms with van der Waals surface area (Å²) in [7, 11) is 0. The van der Waals surface area contributed by atoms with Crippen molar-refractivity contribution >= 4 is 23.3 Å². The Hall–Kier alpha value is -2.80. The molecule has 1 aromatic carbocycles. The van der Waals surface area contributed by atoms with E-state index in [1.165, 1.54) is 0 Å². The Bertz CT molecular complexity index is 1010. The number of anilines is 1. The normalized spacial score (nSPS) is 16.4. The predicted molar refractivity (Wildman–Crippen MR) is 109 cm³/mol. The van der Waals surface area contributed by atoms with Gasteiger partial charge in [0.25, 0.3) is 0 Å². The molecule has 2 amide bonds. The summed E-state index contributed by atoms with van der Waals surface area (Å²) >= 11 is 6.00. The summed E-state index contributed by atoms with van der Waals surface area (Å²) in [6.45, 7) is 6.15. The Labute approximate surface area is 174 Å². The van der Waals surface area contributed by atoms with Crippen molar-refractivity contribution in [2.45, 2.75) is 46.1 Å². The minimum absolute atomic E-state index is 0.129. The fourth-order valence-corrected chi connectivity index (χ4v) is 3.95. The summed E-state index contributed by atoms with van der Waals surface area (Å²) in [6, 6.07) is 7.43. The second-order valence-electron chi connectivity index (χ2n) is 7.39. The number of aryl methyl sites for hydroxylation is 3. The van der Waals surface area contributed by atoms with Crippen molar-refractivity contribution in [1.29, 1.82) is 0 Å². The van der Waals surface area contributed by atoms with Crippen molar-refractivity contribution in [2.75, 3.05) is 11.9 Å². The molecule has 1 fully saturated rings. The van der Waals surface area contributed by atoms with Crippen LogP contribution in [-0.4, -0.2) is 27.8 Å². The number of nitrogens with zero attached hydrogens (tertiary/aromatic N) is 3. The number of aromatic nitrogens is 2. The zero-order chi connectivity index (χ0) is 20.5. The second-order valence-corrected chi connectivity index (χ2v) is 7.82. The van der Waals surface area contributed by atoms with Crippen LogP contribution < -0.4 is 5.32 Å². The number of hydrogen-bond donors (Lipinski definition) is 1. The lowest BCUT2D eigenvalue weighted by Crippen LogP contribution is -2.35. The molecule has 29 heavy (non-hydrogen) atoms. The van der Waals surface area contributed by atoms with Gasteiger partial charge in [-0.2, -0.15) is 0 Å². The van der Waals surface area contributed by atoms with Crippen LogP contribution >= 0.6 is 11.6 Å². The Balaban J connectivity index is 1.57. The molecular weight excluding hydrogens is 392 g/mol. The molecule has 0 radical (unpaired) electrons. The van der Waals surface area contributed by atoms with Crippen LogP contribution in [0.25, 0.3) is 0 Å². The molecule has 3 heterocycles. The van der Waals surface area contributed by atoms with Gasteiger partial charge in [-0.3, -0.25) is 0 Å². The van der Waals surface area contributed by atoms with E-state index in [1.807, 2.05) is 36.1 Å². The maximum Gasteiger partial charge on any atom is 0.322 e. The lowest BCUT2D eigenvalue weighted by atomic mass is 9.99. The molecule has 1 N–H and O–H groups in total. The highest BCUT2D eigenvalue weighted by Crippen LogP contribution is 2.36. The van der Waals surface area contributed by atoms with E-state index in [0.717, 1.165) is 35.4 Å². The average Bonchev–Trinajstić information content (AvgIpc) is 3.40. The second kappa shape index (κ2) is 7.91. The lowest BCUT2D eigenvalue weighted by Gasteiger charge is -2.24. The number of hydrogen-bond acceptors (Lipinski definition) is 5. The molecule has 0 spiro atoms.